The van der Waals surface area contributed by atoms with Gasteiger partial charge in [0.1, 0.15) is 11.6 Å². The van der Waals surface area contributed by atoms with Gasteiger partial charge < -0.3 is 4.74 Å². The van der Waals surface area contributed by atoms with Crippen molar-refractivity contribution in [2.75, 3.05) is 6.61 Å². The lowest BCUT2D eigenvalue weighted by atomic mass is 9.85. The zero-order chi connectivity index (χ0) is 23.4. The molecule has 0 spiro atoms. The number of hydrogen-bond acceptors (Lipinski definition) is 4. The zero-order valence-corrected chi connectivity index (χ0v) is 19.6. The maximum atomic E-state index is 15.1. The molecule has 8 heteroatoms. The fraction of sp³-hybridized carbons (Fsp3) is 0.346. The Morgan fingerprint density at radius 2 is 2.06 bits per heavy atom. The summed E-state index contributed by atoms with van der Waals surface area (Å²) in [5, 5.41) is 5.07. The van der Waals surface area contributed by atoms with E-state index >= 15 is 4.39 Å². The summed E-state index contributed by atoms with van der Waals surface area (Å²) in [7, 11) is 1.89. The fourth-order valence-electron chi connectivity index (χ4n) is 5.32. The van der Waals surface area contributed by atoms with Gasteiger partial charge in [0, 0.05) is 49.0 Å². The van der Waals surface area contributed by atoms with Gasteiger partial charge in [-0.1, -0.05) is 11.6 Å². The summed E-state index contributed by atoms with van der Waals surface area (Å²) in [5.74, 6) is 0.545. The molecule has 6 nitrogen and oxygen atoms in total. The van der Waals surface area contributed by atoms with Crippen LogP contribution >= 0.6 is 11.6 Å². The van der Waals surface area contributed by atoms with Crippen LogP contribution in [-0.4, -0.2) is 25.9 Å². The van der Waals surface area contributed by atoms with E-state index < -0.39 is 5.82 Å². The Bertz CT molecular complexity index is 1480. The number of hydrogen-bond donors (Lipinski definition) is 0. The van der Waals surface area contributed by atoms with Gasteiger partial charge >= 0.3 is 0 Å². The minimum Gasteiger partial charge on any atom is -0.373 e. The number of benzene rings is 2. The highest BCUT2D eigenvalue weighted by molar-refractivity contribution is 6.30. The second kappa shape index (κ2) is 8.32. The fourth-order valence-corrected chi connectivity index (χ4v) is 5.48. The summed E-state index contributed by atoms with van der Waals surface area (Å²) in [5.41, 5.74) is 3.56. The first-order valence-corrected chi connectivity index (χ1v) is 12.0. The van der Waals surface area contributed by atoms with Gasteiger partial charge in [-0.25, -0.2) is 9.37 Å². The molecule has 0 N–H and O–H groups in total. The molecule has 0 bridgehead atoms. The van der Waals surface area contributed by atoms with Crippen LogP contribution in [0.4, 0.5) is 4.39 Å². The predicted octanol–water partition coefficient (Wildman–Crippen LogP) is 5.17. The quantitative estimate of drug-likeness (QED) is 0.407. The van der Waals surface area contributed by atoms with Gasteiger partial charge in [0.25, 0.3) is 5.56 Å². The monoisotopic (exact) mass is 478 g/mol. The summed E-state index contributed by atoms with van der Waals surface area (Å²) < 4.78 is 24.6. The first-order chi connectivity index (χ1) is 16.5. The SMILES string of the molecule is Cn1cc([C@@H]2C[C@H](c3cc(-c4ccc(Cl)cc4F)c4c(=O)n5c(nc4c3)CCC5)CCO2)cn1. The summed E-state index contributed by atoms with van der Waals surface area (Å²) in [6.07, 6.45) is 7.06. The molecule has 2 aliphatic heterocycles. The van der Waals surface area contributed by atoms with E-state index in [-0.39, 0.29) is 17.6 Å². The van der Waals surface area contributed by atoms with Gasteiger partial charge in [0.15, 0.2) is 0 Å². The number of aromatic nitrogens is 4. The molecule has 174 valence electrons. The Morgan fingerprint density at radius 1 is 1.18 bits per heavy atom. The maximum absolute atomic E-state index is 15.1. The molecule has 1 fully saturated rings. The van der Waals surface area contributed by atoms with Crippen molar-refractivity contribution in [1.29, 1.82) is 0 Å². The van der Waals surface area contributed by atoms with Crippen LogP contribution in [0.5, 0.6) is 0 Å². The third kappa shape index (κ3) is 3.63. The molecule has 0 aliphatic carbocycles. The van der Waals surface area contributed by atoms with Crippen molar-refractivity contribution in [2.24, 2.45) is 7.05 Å². The average Bonchev–Trinajstić information content (AvgIpc) is 3.48. The van der Waals surface area contributed by atoms with Gasteiger partial charge in [-0.15, -0.1) is 0 Å². The van der Waals surface area contributed by atoms with Gasteiger partial charge in [0.2, 0.25) is 0 Å². The van der Waals surface area contributed by atoms with Crippen molar-refractivity contribution < 1.29 is 9.13 Å². The van der Waals surface area contributed by atoms with Crippen LogP contribution < -0.4 is 5.56 Å². The maximum Gasteiger partial charge on any atom is 0.262 e. The molecule has 1 saturated heterocycles. The van der Waals surface area contributed by atoms with Crippen molar-refractivity contribution in [2.45, 2.75) is 44.2 Å². The molecule has 0 amide bonds. The zero-order valence-electron chi connectivity index (χ0n) is 18.8. The number of rotatable bonds is 3. The van der Waals surface area contributed by atoms with Crippen molar-refractivity contribution in [3.8, 4) is 11.1 Å². The van der Waals surface area contributed by atoms with E-state index in [1.807, 2.05) is 31.6 Å². The molecule has 2 atom stereocenters. The van der Waals surface area contributed by atoms with Crippen molar-refractivity contribution in [1.82, 2.24) is 19.3 Å². The van der Waals surface area contributed by atoms with Crippen LogP contribution in [0, 0.1) is 5.82 Å². The third-order valence-corrected chi connectivity index (χ3v) is 7.25. The molecule has 0 unspecified atom stereocenters. The summed E-state index contributed by atoms with van der Waals surface area (Å²) in [6.45, 7) is 1.27. The lowest BCUT2D eigenvalue weighted by Gasteiger charge is -2.30. The van der Waals surface area contributed by atoms with E-state index in [0.29, 0.717) is 40.2 Å². The van der Waals surface area contributed by atoms with Gasteiger partial charge in [-0.05, 0) is 66.6 Å². The Kier molecular flexibility index (Phi) is 5.26. The van der Waals surface area contributed by atoms with Crippen LogP contribution in [0.15, 0.2) is 47.5 Å². The number of halogens is 2. The van der Waals surface area contributed by atoms with Crippen LogP contribution in [0.1, 0.15) is 48.2 Å². The Hall–Kier alpha value is -3.03. The number of nitrogens with zero attached hydrogens (tertiary/aromatic N) is 4. The standard InChI is InChI=1S/C26H24ClFN4O2/c1-31-14-17(13-29-31)23-11-15(6-8-34-23)16-9-20(19-5-4-18(27)12-21(19)28)25-22(10-16)30-24-3-2-7-32(24)26(25)33/h4-5,9-10,12-15,23H,2-3,6-8,11H2,1H3/t15-,23+/m1/s1. The van der Waals surface area contributed by atoms with Gasteiger partial charge in [-0.2, -0.15) is 5.10 Å². The first kappa shape index (κ1) is 21.5. The second-order valence-electron chi connectivity index (χ2n) is 9.20. The number of aryl methyl sites for hydroxylation is 2. The Labute approximate surface area is 201 Å². The Balaban J connectivity index is 1.52. The van der Waals surface area contributed by atoms with Crippen LogP contribution in [0.2, 0.25) is 5.02 Å². The molecule has 2 aliphatic rings. The molecule has 0 radical (unpaired) electrons. The van der Waals surface area contributed by atoms with Crippen molar-refractivity contribution in [3.05, 3.63) is 80.9 Å². The summed E-state index contributed by atoms with van der Waals surface area (Å²) in [6, 6.07) is 8.58. The highest BCUT2D eigenvalue weighted by atomic mass is 35.5. The normalized spacial score (nSPS) is 20.1. The lowest BCUT2D eigenvalue weighted by molar-refractivity contribution is 0.00525. The minimum atomic E-state index is -0.448. The van der Waals surface area contributed by atoms with Gasteiger partial charge in [-0.3, -0.25) is 14.0 Å². The molecular weight excluding hydrogens is 455 g/mol. The van der Waals surface area contributed by atoms with E-state index in [1.54, 1.807) is 21.4 Å². The highest BCUT2D eigenvalue weighted by Gasteiger charge is 2.28. The molecule has 4 heterocycles. The van der Waals surface area contributed by atoms with E-state index in [2.05, 4.69) is 5.10 Å². The number of fused-ring (bicyclic) bond motifs is 2. The smallest absolute Gasteiger partial charge is 0.262 e. The second-order valence-corrected chi connectivity index (χ2v) is 9.64. The van der Waals surface area contributed by atoms with E-state index in [9.17, 15) is 4.79 Å². The molecule has 6 rings (SSSR count). The summed E-state index contributed by atoms with van der Waals surface area (Å²) in [4.78, 5) is 18.3. The van der Waals surface area contributed by atoms with Crippen LogP contribution in [0.25, 0.3) is 22.0 Å². The molecule has 0 saturated carbocycles. The van der Waals surface area contributed by atoms with Gasteiger partial charge in [0.05, 0.1) is 23.2 Å². The van der Waals surface area contributed by atoms with Crippen LogP contribution in [0.3, 0.4) is 0 Å². The molecule has 4 aromatic rings. The molecule has 2 aromatic heterocycles. The predicted molar refractivity (Wildman–Crippen MR) is 129 cm³/mol. The van der Waals surface area contributed by atoms with E-state index in [1.165, 1.54) is 6.07 Å². The largest absolute Gasteiger partial charge is 0.373 e. The van der Waals surface area contributed by atoms with E-state index in [0.717, 1.165) is 42.6 Å². The first-order valence-electron chi connectivity index (χ1n) is 11.6. The highest BCUT2D eigenvalue weighted by Crippen LogP contribution is 2.40. The number of ether oxygens (including phenoxy) is 1. The third-order valence-electron chi connectivity index (χ3n) is 7.02. The van der Waals surface area contributed by atoms with Crippen molar-refractivity contribution in [3.63, 3.8) is 0 Å². The van der Waals surface area contributed by atoms with Crippen LogP contribution in [-0.2, 0) is 24.8 Å². The molecular formula is C26H24ClFN4O2. The molecule has 34 heavy (non-hydrogen) atoms. The average molecular weight is 479 g/mol. The minimum absolute atomic E-state index is 0.0579. The lowest BCUT2D eigenvalue weighted by Crippen LogP contribution is -2.22. The summed E-state index contributed by atoms with van der Waals surface area (Å²) >= 11 is 6.02. The molecule has 2 aromatic carbocycles. The topological polar surface area (TPSA) is 61.9 Å². The Morgan fingerprint density at radius 3 is 2.85 bits per heavy atom. The van der Waals surface area contributed by atoms with E-state index in [4.69, 9.17) is 21.3 Å². The van der Waals surface area contributed by atoms with Crippen molar-refractivity contribution >= 4 is 22.5 Å².